The highest BCUT2D eigenvalue weighted by Gasteiger charge is 2.22. The molecule has 0 unspecified atom stereocenters. The van der Waals surface area contributed by atoms with Crippen molar-refractivity contribution < 1.29 is 13.2 Å². The molecule has 0 aliphatic rings. The molecule has 176 valence electrons. The van der Waals surface area contributed by atoms with Gasteiger partial charge >= 0.3 is 0 Å². The van der Waals surface area contributed by atoms with Crippen LogP contribution in [-0.4, -0.2) is 36.3 Å². The summed E-state index contributed by atoms with van der Waals surface area (Å²) in [5.41, 5.74) is 2.13. The number of benzene rings is 3. The molecule has 0 aliphatic carbocycles. The fourth-order valence-electron chi connectivity index (χ4n) is 3.87. The van der Waals surface area contributed by atoms with E-state index in [2.05, 4.69) is 5.32 Å². The highest BCUT2D eigenvalue weighted by molar-refractivity contribution is 7.89. The van der Waals surface area contributed by atoms with Gasteiger partial charge in [0, 0.05) is 30.4 Å². The average molecular weight is 478 g/mol. The van der Waals surface area contributed by atoms with Crippen molar-refractivity contribution in [2.45, 2.75) is 37.9 Å². The van der Waals surface area contributed by atoms with E-state index < -0.39 is 10.0 Å². The minimum atomic E-state index is -3.55. The lowest BCUT2D eigenvalue weighted by molar-refractivity contribution is -0.121. The maximum atomic E-state index is 12.9. The Labute approximate surface area is 198 Å². The third-order valence-electron chi connectivity index (χ3n) is 6.00. The van der Waals surface area contributed by atoms with Crippen molar-refractivity contribution in [2.75, 3.05) is 7.05 Å². The van der Waals surface area contributed by atoms with Crippen LogP contribution >= 0.6 is 0 Å². The van der Waals surface area contributed by atoms with E-state index in [0.29, 0.717) is 21.8 Å². The Morgan fingerprint density at radius 3 is 1.97 bits per heavy atom. The molecule has 0 spiro atoms. The summed E-state index contributed by atoms with van der Waals surface area (Å²) in [6.07, 6.45) is 0. The van der Waals surface area contributed by atoms with Gasteiger partial charge in [-0.25, -0.2) is 8.42 Å². The van der Waals surface area contributed by atoms with Crippen LogP contribution in [0, 0.1) is 0 Å². The summed E-state index contributed by atoms with van der Waals surface area (Å²) in [4.78, 5) is 25.9. The van der Waals surface area contributed by atoms with Gasteiger partial charge in [-0.1, -0.05) is 36.4 Å². The SMILES string of the molecule is CC(C)N(C)S(=O)(=O)c1ccc(CNC(=O)Cn2c3ccccc3c(=O)c3ccccc32)cc1. The lowest BCUT2D eigenvalue weighted by Gasteiger charge is -2.21. The van der Waals surface area contributed by atoms with Gasteiger partial charge in [-0.15, -0.1) is 0 Å². The Balaban J connectivity index is 1.53. The number of fused-ring (bicyclic) bond motifs is 2. The second-order valence-electron chi connectivity index (χ2n) is 8.49. The lowest BCUT2D eigenvalue weighted by atomic mass is 10.1. The van der Waals surface area contributed by atoms with Crippen LogP contribution in [0.25, 0.3) is 21.8 Å². The van der Waals surface area contributed by atoms with Crippen LogP contribution in [0.5, 0.6) is 0 Å². The Morgan fingerprint density at radius 2 is 1.44 bits per heavy atom. The Morgan fingerprint density at radius 1 is 0.912 bits per heavy atom. The van der Waals surface area contributed by atoms with Gasteiger partial charge in [-0.05, 0) is 55.8 Å². The first kappa shape index (κ1) is 23.7. The summed E-state index contributed by atoms with van der Waals surface area (Å²) >= 11 is 0. The maximum Gasteiger partial charge on any atom is 0.243 e. The maximum absolute atomic E-state index is 12.9. The zero-order chi connectivity index (χ0) is 24.5. The second-order valence-corrected chi connectivity index (χ2v) is 10.5. The molecule has 1 amide bonds. The van der Waals surface area contributed by atoms with Crippen LogP contribution < -0.4 is 10.7 Å². The number of aromatic nitrogens is 1. The van der Waals surface area contributed by atoms with Crippen molar-refractivity contribution in [3.05, 3.63) is 88.6 Å². The van der Waals surface area contributed by atoms with Gasteiger partial charge in [0.2, 0.25) is 15.9 Å². The summed E-state index contributed by atoms with van der Waals surface area (Å²) in [7, 11) is -2.00. The van der Waals surface area contributed by atoms with Gasteiger partial charge in [0.25, 0.3) is 0 Å². The molecule has 3 aromatic carbocycles. The standard InChI is InChI=1S/C26H27N3O4S/c1-18(2)28(3)34(32,33)20-14-12-19(13-15-20)16-27-25(30)17-29-23-10-6-4-8-21(23)26(31)22-9-5-7-11-24(22)29/h4-15,18H,16-17H2,1-3H3,(H,27,30). The number of sulfonamides is 1. The third-order valence-corrected chi connectivity index (χ3v) is 8.05. The summed E-state index contributed by atoms with van der Waals surface area (Å²) < 4.78 is 28.4. The molecule has 1 heterocycles. The normalized spacial score (nSPS) is 12.0. The van der Waals surface area contributed by atoms with Crippen LogP contribution in [0.4, 0.5) is 0 Å². The third kappa shape index (κ3) is 4.47. The molecule has 0 saturated heterocycles. The molecule has 0 aliphatic heterocycles. The number of rotatable bonds is 7. The monoisotopic (exact) mass is 477 g/mol. The first-order chi connectivity index (χ1) is 16.2. The minimum absolute atomic E-state index is 0.0486. The molecule has 0 saturated carbocycles. The van der Waals surface area contributed by atoms with Gasteiger partial charge in [-0.2, -0.15) is 4.31 Å². The van der Waals surface area contributed by atoms with Gasteiger partial charge in [0.1, 0.15) is 6.54 Å². The molecule has 0 fully saturated rings. The van der Waals surface area contributed by atoms with Crippen molar-refractivity contribution in [1.82, 2.24) is 14.2 Å². The predicted molar refractivity (Wildman–Crippen MR) is 134 cm³/mol. The molecule has 7 nitrogen and oxygen atoms in total. The summed E-state index contributed by atoms with van der Waals surface area (Å²) in [5, 5.41) is 4.03. The number of para-hydroxylation sites is 2. The van der Waals surface area contributed by atoms with Crippen molar-refractivity contribution in [3.8, 4) is 0 Å². The number of hydrogen-bond donors (Lipinski definition) is 1. The fourth-order valence-corrected chi connectivity index (χ4v) is 5.24. The molecule has 0 bridgehead atoms. The van der Waals surface area contributed by atoms with Crippen molar-refractivity contribution in [1.29, 1.82) is 0 Å². The van der Waals surface area contributed by atoms with E-state index in [1.807, 2.05) is 54.8 Å². The molecule has 0 atom stereocenters. The van der Waals surface area contributed by atoms with Crippen LogP contribution in [0.1, 0.15) is 19.4 Å². The zero-order valence-corrected chi connectivity index (χ0v) is 20.2. The summed E-state index contributed by atoms with van der Waals surface area (Å²) in [5.74, 6) is -0.213. The smallest absolute Gasteiger partial charge is 0.243 e. The molecular formula is C26H27N3O4S. The Kier molecular flexibility index (Phi) is 6.54. The largest absolute Gasteiger partial charge is 0.350 e. The molecule has 1 N–H and O–H groups in total. The van der Waals surface area contributed by atoms with E-state index in [4.69, 9.17) is 0 Å². The highest BCUT2D eigenvalue weighted by atomic mass is 32.2. The van der Waals surface area contributed by atoms with Crippen molar-refractivity contribution in [3.63, 3.8) is 0 Å². The van der Waals surface area contributed by atoms with Crippen molar-refractivity contribution in [2.24, 2.45) is 0 Å². The molecular weight excluding hydrogens is 450 g/mol. The average Bonchev–Trinajstić information content (AvgIpc) is 2.85. The number of amides is 1. The van der Waals surface area contributed by atoms with Crippen LogP contribution in [0.2, 0.25) is 0 Å². The van der Waals surface area contributed by atoms with Crippen LogP contribution in [0.3, 0.4) is 0 Å². The number of hydrogen-bond acceptors (Lipinski definition) is 4. The second kappa shape index (κ2) is 9.40. The van der Waals surface area contributed by atoms with E-state index in [0.717, 1.165) is 5.56 Å². The number of nitrogens with zero attached hydrogens (tertiary/aromatic N) is 2. The van der Waals surface area contributed by atoms with Gasteiger partial charge in [-0.3, -0.25) is 9.59 Å². The zero-order valence-electron chi connectivity index (χ0n) is 19.4. The van der Waals surface area contributed by atoms with E-state index in [9.17, 15) is 18.0 Å². The first-order valence-electron chi connectivity index (χ1n) is 11.0. The first-order valence-corrected chi connectivity index (χ1v) is 12.5. The van der Waals surface area contributed by atoms with E-state index in [1.165, 1.54) is 4.31 Å². The molecule has 0 radical (unpaired) electrons. The van der Waals surface area contributed by atoms with E-state index in [-0.39, 0.29) is 35.4 Å². The topological polar surface area (TPSA) is 88.5 Å². The molecule has 8 heteroatoms. The number of carbonyl (C=O) groups is 1. The molecule has 4 rings (SSSR count). The van der Waals surface area contributed by atoms with Crippen LogP contribution in [-0.2, 0) is 27.9 Å². The summed E-state index contributed by atoms with van der Waals surface area (Å²) in [6.45, 7) is 3.94. The molecule has 1 aromatic heterocycles. The van der Waals surface area contributed by atoms with E-state index in [1.54, 1.807) is 43.4 Å². The van der Waals surface area contributed by atoms with Gasteiger partial charge in [0.05, 0.1) is 15.9 Å². The highest BCUT2D eigenvalue weighted by Crippen LogP contribution is 2.19. The van der Waals surface area contributed by atoms with Gasteiger partial charge < -0.3 is 9.88 Å². The summed E-state index contributed by atoms with van der Waals surface area (Å²) in [6, 6.07) is 20.9. The number of pyridine rings is 1. The van der Waals surface area contributed by atoms with E-state index >= 15 is 0 Å². The predicted octanol–water partition coefficient (Wildman–Crippen LogP) is 3.50. The quantitative estimate of drug-likeness (QED) is 0.413. The number of carbonyl (C=O) groups excluding carboxylic acids is 1. The minimum Gasteiger partial charge on any atom is -0.350 e. The van der Waals surface area contributed by atoms with Crippen LogP contribution in [0.15, 0.2) is 82.5 Å². The molecule has 4 aromatic rings. The Hall–Kier alpha value is -3.49. The Bertz CT molecular complexity index is 1460. The van der Waals surface area contributed by atoms with Gasteiger partial charge in [0.15, 0.2) is 5.43 Å². The fraction of sp³-hybridized carbons (Fsp3) is 0.231. The molecule has 34 heavy (non-hydrogen) atoms. The van der Waals surface area contributed by atoms with Crippen molar-refractivity contribution >= 4 is 37.7 Å². The lowest BCUT2D eigenvalue weighted by Crippen LogP contribution is -2.33. The number of nitrogens with one attached hydrogen (secondary N) is 1.